The predicted molar refractivity (Wildman–Crippen MR) is 90.2 cm³/mol. The quantitative estimate of drug-likeness (QED) is 0.636. The lowest BCUT2D eigenvalue weighted by molar-refractivity contribution is 0.190. The van der Waals surface area contributed by atoms with Gasteiger partial charge in [0.1, 0.15) is 0 Å². The van der Waals surface area contributed by atoms with Crippen LogP contribution in [0.1, 0.15) is 38.7 Å². The maximum absolute atomic E-state index is 5.13. The molecule has 1 unspecified atom stereocenters. The highest BCUT2D eigenvalue weighted by molar-refractivity contribution is 9.10. The highest BCUT2D eigenvalue weighted by Crippen LogP contribution is 2.17. The van der Waals surface area contributed by atoms with Crippen LogP contribution in [0.4, 0.5) is 0 Å². The van der Waals surface area contributed by atoms with Crippen LogP contribution in [0, 0.1) is 5.92 Å². The number of unbranched alkanes of at least 4 members (excludes halogenated alkanes) is 1. The molecule has 114 valence electrons. The third kappa shape index (κ3) is 8.03. The number of ether oxygens (including phenoxy) is 1. The zero-order valence-electron chi connectivity index (χ0n) is 13.0. The topological polar surface area (TPSA) is 21.3 Å². The van der Waals surface area contributed by atoms with Gasteiger partial charge in [-0.15, -0.1) is 0 Å². The van der Waals surface area contributed by atoms with Crippen molar-refractivity contribution >= 4 is 15.9 Å². The smallest absolute Gasteiger partial charge is 0.0462 e. The molecule has 2 nitrogen and oxygen atoms in total. The van der Waals surface area contributed by atoms with E-state index >= 15 is 0 Å². The monoisotopic (exact) mass is 341 g/mol. The summed E-state index contributed by atoms with van der Waals surface area (Å²) in [6.07, 6.45) is 4.82. The minimum atomic E-state index is 0.557. The van der Waals surface area contributed by atoms with Gasteiger partial charge in [-0.3, -0.25) is 0 Å². The Labute approximate surface area is 132 Å². The van der Waals surface area contributed by atoms with Crippen LogP contribution < -0.4 is 5.32 Å². The Kier molecular flexibility index (Phi) is 9.16. The summed E-state index contributed by atoms with van der Waals surface area (Å²) in [7, 11) is 1.78. The lowest BCUT2D eigenvalue weighted by Gasteiger charge is -2.19. The second-order valence-corrected chi connectivity index (χ2v) is 6.66. The summed E-state index contributed by atoms with van der Waals surface area (Å²) >= 11 is 3.49. The number of rotatable bonds is 10. The third-order valence-corrected chi connectivity index (χ3v) is 3.99. The second kappa shape index (κ2) is 10.4. The van der Waals surface area contributed by atoms with Crippen molar-refractivity contribution in [3.8, 4) is 0 Å². The Morgan fingerprint density at radius 3 is 2.45 bits per heavy atom. The molecule has 0 heterocycles. The molecule has 0 aliphatic rings. The van der Waals surface area contributed by atoms with Crippen LogP contribution in [0.15, 0.2) is 28.7 Å². The zero-order valence-corrected chi connectivity index (χ0v) is 14.6. The summed E-state index contributed by atoms with van der Waals surface area (Å²) in [5.74, 6) is 0.704. The van der Waals surface area contributed by atoms with E-state index in [0.29, 0.717) is 12.0 Å². The molecule has 0 radical (unpaired) electrons. The summed E-state index contributed by atoms with van der Waals surface area (Å²) in [4.78, 5) is 0. The van der Waals surface area contributed by atoms with Gasteiger partial charge >= 0.3 is 0 Å². The molecule has 1 atom stereocenters. The first-order valence-electron chi connectivity index (χ1n) is 7.58. The van der Waals surface area contributed by atoms with Crippen molar-refractivity contribution in [3.05, 3.63) is 34.3 Å². The molecule has 0 saturated heterocycles. The van der Waals surface area contributed by atoms with Gasteiger partial charge in [-0.25, -0.2) is 0 Å². The van der Waals surface area contributed by atoms with Crippen LogP contribution in [0.3, 0.4) is 0 Å². The summed E-state index contributed by atoms with van der Waals surface area (Å²) in [6.45, 7) is 6.40. The number of hydrogen-bond donors (Lipinski definition) is 1. The maximum atomic E-state index is 5.13. The molecular formula is C17H28BrNO. The van der Waals surface area contributed by atoms with Crippen molar-refractivity contribution in [1.82, 2.24) is 5.32 Å². The fourth-order valence-electron chi connectivity index (χ4n) is 2.31. The second-order valence-electron chi connectivity index (χ2n) is 5.75. The SMILES string of the molecule is COCCCCC(CNC(C)C)Cc1ccc(Br)cc1. The van der Waals surface area contributed by atoms with E-state index in [1.165, 1.54) is 18.4 Å². The molecule has 0 amide bonds. The van der Waals surface area contributed by atoms with E-state index in [2.05, 4.69) is 59.4 Å². The van der Waals surface area contributed by atoms with Crippen molar-refractivity contribution in [3.63, 3.8) is 0 Å². The van der Waals surface area contributed by atoms with Crippen LogP contribution >= 0.6 is 15.9 Å². The fraction of sp³-hybridized carbons (Fsp3) is 0.647. The van der Waals surface area contributed by atoms with Crippen molar-refractivity contribution in [2.24, 2.45) is 5.92 Å². The Hall–Kier alpha value is -0.380. The third-order valence-electron chi connectivity index (χ3n) is 3.46. The van der Waals surface area contributed by atoms with E-state index in [0.717, 1.165) is 30.5 Å². The molecule has 0 aromatic heterocycles. The van der Waals surface area contributed by atoms with Crippen LogP contribution in [0.5, 0.6) is 0 Å². The minimum Gasteiger partial charge on any atom is -0.385 e. The molecule has 0 saturated carbocycles. The van der Waals surface area contributed by atoms with Gasteiger partial charge in [0.05, 0.1) is 0 Å². The van der Waals surface area contributed by atoms with E-state index in [-0.39, 0.29) is 0 Å². The summed E-state index contributed by atoms with van der Waals surface area (Å²) in [6, 6.07) is 9.27. The molecule has 1 rings (SSSR count). The number of benzene rings is 1. The standard InChI is InChI=1S/C17H28BrNO/c1-14(2)19-13-16(6-4-5-11-20-3)12-15-7-9-17(18)10-8-15/h7-10,14,16,19H,4-6,11-13H2,1-3H3. The van der Waals surface area contributed by atoms with E-state index in [1.807, 2.05) is 0 Å². The minimum absolute atomic E-state index is 0.557. The van der Waals surface area contributed by atoms with Gasteiger partial charge in [0.2, 0.25) is 0 Å². The normalized spacial score (nSPS) is 12.8. The van der Waals surface area contributed by atoms with Crippen molar-refractivity contribution in [2.75, 3.05) is 20.3 Å². The summed E-state index contributed by atoms with van der Waals surface area (Å²) in [5.41, 5.74) is 1.43. The van der Waals surface area contributed by atoms with Crippen molar-refractivity contribution < 1.29 is 4.74 Å². The number of methoxy groups -OCH3 is 1. The number of nitrogens with one attached hydrogen (secondary N) is 1. The summed E-state index contributed by atoms with van der Waals surface area (Å²) in [5, 5.41) is 3.58. The average molecular weight is 342 g/mol. The molecular weight excluding hydrogens is 314 g/mol. The van der Waals surface area contributed by atoms with Gasteiger partial charge in [0.25, 0.3) is 0 Å². The van der Waals surface area contributed by atoms with Gasteiger partial charge in [-0.2, -0.15) is 0 Å². The van der Waals surface area contributed by atoms with Crippen molar-refractivity contribution in [1.29, 1.82) is 0 Å². The Morgan fingerprint density at radius 2 is 1.85 bits per heavy atom. The molecule has 0 aliphatic carbocycles. The van der Waals surface area contributed by atoms with Crippen LogP contribution in [-0.2, 0) is 11.2 Å². The van der Waals surface area contributed by atoms with E-state index in [4.69, 9.17) is 4.74 Å². The van der Waals surface area contributed by atoms with Crippen molar-refractivity contribution in [2.45, 2.75) is 45.6 Å². The molecule has 3 heteroatoms. The lowest BCUT2D eigenvalue weighted by Crippen LogP contribution is -2.30. The van der Waals surface area contributed by atoms with Gasteiger partial charge in [-0.1, -0.05) is 48.3 Å². The lowest BCUT2D eigenvalue weighted by atomic mass is 9.94. The Bertz CT molecular complexity index is 351. The molecule has 20 heavy (non-hydrogen) atoms. The fourth-order valence-corrected chi connectivity index (χ4v) is 2.58. The molecule has 1 aromatic carbocycles. The number of hydrogen-bond acceptors (Lipinski definition) is 2. The Balaban J connectivity index is 2.45. The van der Waals surface area contributed by atoms with Gasteiger partial charge < -0.3 is 10.1 Å². The molecule has 1 N–H and O–H groups in total. The molecule has 0 aliphatic heterocycles. The van der Waals surface area contributed by atoms with Gasteiger partial charge in [-0.05, 0) is 49.4 Å². The van der Waals surface area contributed by atoms with Gasteiger partial charge in [0, 0.05) is 24.2 Å². The average Bonchev–Trinajstić information content (AvgIpc) is 2.43. The molecule has 0 spiro atoms. The first-order valence-corrected chi connectivity index (χ1v) is 8.38. The summed E-state index contributed by atoms with van der Waals surface area (Å²) < 4.78 is 6.28. The first kappa shape index (κ1) is 17.7. The number of halogens is 1. The first-order chi connectivity index (χ1) is 9.61. The zero-order chi connectivity index (χ0) is 14.8. The van der Waals surface area contributed by atoms with E-state index < -0.39 is 0 Å². The molecule has 1 aromatic rings. The van der Waals surface area contributed by atoms with Crippen LogP contribution in [0.25, 0.3) is 0 Å². The highest BCUT2D eigenvalue weighted by Gasteiger charge is 2.10. The Morgan fingerprint density at radius 1 is 1.15 bits per heavy atom. The van der Waals surface area contributed by atoms with E-state index in [9.17, 15) is 0 Å². The largest absolute Gasteiger partial charge is 0.385 e. The predicted octanol–water partition coefficient (Wildman–Crippen LogP) is 4.42. The maximum Gasteiger partial charge on any atom is 0.0462 e. The van der Waals surface area contributed by atoms with Crippen LogP contribution in [-0.4, -0.2) is 26.3 Å². The van der Waals surface area contributed by atoms with Crippen LogP contribution in [0.2, 0.25) is 0 Å². The van der Waals surface area contributed by atoms with Gasteiger partial charge in [0.15, 0.2) is 0 Å². The molecule has 0 bridgehead atoms. The van der Waals surface area contributed by atoms with E-state index in [1.54, 1.807) is 7.11 Å². The molecule has 0 fully saturated rings. The highest BCUT2D eigenvalue weighted by atomic mass is 79.9.